The lowest BCUT2D eigenvalue weighted by molar-refractivity contribution is -0.140. The standard InChI is InChI=1S/C22H28N2O2S/c1-3-20(22(26)23-2)24(16-18-10-6-4-7-11-18)21(25)14-15-27-17-19-12-8-5-9-13-19/h4-13,20H,3,14-17H2,1-2H3,(H,23,26)/t20-/m0/s1. The lowest BCUT2D eigenvalue weighted by Crippen LogP contribution is -2.48. The Balaban J connectivity index is 1.98. The van der Waals surface area contributed by atoms with E-state index < -0.39 is 6.04 Å². The van der Waals surface area contributed by atoms with E-state index in [4.69, 9.17) is 0 Å². The number of hydrogen-bond acceptors (Lipinski definition) is 3. The third-order valence-corrected chi connectivity index (χ3v) is 5.43. The van der Waals surface area contributed by atoms with Gasteiger partial charge in [0.1, 0.15) is 6.04 Å². The Labute approximate surface area is 166 Å². The summed E-state index contributed by atoms with van der Waals surface area (Å²) in [5.41, 5.74) is 2.29. The largest absolute Gasteiger partial charge is 0.357 e. The van der Waals surface area contributed by atoms with Crippen molar-refractivity contribution in [3.05, 3.63) is 71.8 Å². The summed E-state index contributed by atoms with van der Waals surface area (Å²) in [6.45, 7) is 2.39. The Morgan fingerprint density at radius 1 is 1.00 bits per heavy atom. The van der Waals surface area contributed by atoms with Crippen molar-refractivity contribution in [2.45, 2.75) is 38.1 Å². The van der Waals surface area contributed by atoms with Gasteiger partial charge in [-0.2, -0.15) is 11.8 Å². The van der Waals surface area contributed by atoms with Gasteiger partial charge in [0.25, 0.3) is 0 Å². The maximum atomic E-state index is 12.9. The molecule has 2 rings (SSSR count). The number of nitrogens with one attached hydrogen (secondary N) is 1. The summed E-state index contributed by atoms with van der Waals surface area (Å²) >= 11 is 1.74. The van der Waals surface area contributed by atoms with Gasteiger partial charge < -0.3 is 10.2 Å². The van der Waals surface area contributed by atoms with E-state index in [0.29, 0.717) is 19.4 Å². The molecule has 0 fully saturated rings. The van der Waals surface area contributed by atoms with Crippen LogP contribution in [-0.2, 0) is 21.9 Å². The fourth-order valence-corrected chi connectivity index (χ4v) is 3.83. The fourth-order valence-electron chi connectivity index (χ4n) is 2.93. The van der Waals surface area contributed by atoms with Gasteiger partial charge in [-0.25, -0.2) is 0 Å². The smallest absolute Gasteiger partial charge is 0.242 e. The zero-order chi connectivity index (χ0) is 19.5. The molecule has 2 aromatic rings. The molecule has 0 bridgehead atoms. The summed E-state index contributed by atoms with van der Waals surface area (Å²) in [6, 6.07) is 19.6. The molecular formula is C22H28N2O2S. The highest BCUT2D eigenvalue weighted by Crippen LogP contribution is 2.17. The Kier molecular flexibility index (Phi) is 8.92. The van der Waals surface area contributed by atoms with Gasteiger partial charge in [0.05, 0.1) is 0 Å². The first-order chi connectivity index (χ1) is 13.2. The van der Waals surface area contributed by atoms with Gasteiger partial charge in [-0.15, -0.1) is 0 Å². The monoisotopic (exact) mass is 384 g/mol. The van der Waals surface area contributed by atoms with Crippen molar-refractivity contribution in [3.8, 4) is 0 Å². The van der Waals surface area contributed by atoms with Crippen LogP contribution >= 0.6 is 11.8 Å². The maximum absolute atomic E-state index is 12.9. The van der Waals surface area contributed by atoms with E-state index in [-0.39, 0.29) is 11.8 Å². The van der Waals surface area contributed by atoms with Gasteiger partial charge >= 0.3 is 0 Å². The number of nitrogens with zero attached hydrogens (tertiary/aromatic N) is 1. The summed E-state index contributed by atoms with van der Waals surface area (Å²) in [7, 11) is 1.62. The molecule has 0 aliphatic heterocycles. The molecule has 144 valence electrons. The van der Waals surface area contributed by atoms with E-state index >= 15 is 0 Å². The second-order valence-corrected chi connectivity index (χ2v) is 7.44. The van der Waals surface area contributed by atoms with E-state index in [0.717, 1.165) is 17.1 Å². The van der Waals surface area contributed by atoms with Crippen molar-refractivity contribution in [3.63, 3.8) is 0 Å². The number of rotatable bonds is 10. The molecule has 4 nitrogen and oxygen atoms in total. The summed E-state index contributed by atoms with van der Waals surface area (Å²) < 4.78 is 0. The summed E-state index contributed by atoms with van der Waals surface area (Å²) in [5.74, 6) is 1.54. The van der Waals surface area contributed by atoms with Crippen molar-refractivity contribution < 1.29 is 9.59 Å². The van der Waals surface area contributed by atoms with E-state index in [1.165, 1.54) is 5.56 Å². The SMILES string of the molecule is CC[C@@H](C(=O)NC)N(Cc1ccccc1)C(=O)CCSCc1ccccc1. The van der Waals surface area contributed by atoms with Gasteiger partial charge in [0.15, 0.2) is 0 Å². The quantitative estimate of drug-likeness (QED) is 0.633. The normalized spacial score (nSPS) is 11.6. The topological polar surface area (TPSA) is 49.4 Å². The number of hydrogen-bond donors (Lipinski definition) is 1. The van der Waals surface area contributed by atoms with Crippen LogP contribution in [0.2, 0.25) is 0 Å². The highest BCUT2D eigenvalue weighted by atomic mass is 32.2. The van der Waals surface area contributed by atoms with Gasteiger partial charge in [-0.3, -0.25) is 9.59 Å². The number of amides is 2. The van der Waals surface area contributed by atoms with Gasteiger partial charge in [0.2, 0.25) is 11.8 Å². The molecule has 0 saturated carbocycles. The lowest BCUT2D eigenvalue weighted by atomic mass is 10.1. The predicted molar refractivity (Wildman–Crippen MR) is 112 cm³/mol. The molecule has 0 saturated heterocycles. The first kappa shape index (κ1) is 21.0. The minimum atomic E-state index is -0.443. The molecule has 0 aromatic heterocycles. The molecule has 0 aliphatic rings. The minimum Gasteiger partial charge on any atom is -0.357 e. The van der Waals surface area contributed by atoms with Crippen LogP contribution in [-0.4, -0.2) is 35.6 Å². The first-order valence-corrected chi connectivity index (χ1v) is 10.5. The fraction of sp³-hybridized carbons (Fsp3) is 0.364. The van der Waals surface area contributed by atoms with E-state index in [9.17, 15) is 9.59 Å². The second-order valence-electron chi connectivity index (χ2n) is 6.33. The molecule has 0 heterocycles. The molecule has 0 radical (unpaired) electrons. The Morgan fingerprint density at radius 2 is 1.59 bits per heavy atom. The molecule has 2 aromatic carbocycles. The number of likely N-dealkylation sites (N-methyl/N-ethyl adjacent to an activating group) is 1. The van der Waals surface area contributed by atoms with Gasteiger partial charge in [0, 0.05) is 31.5 Å². The van der Waals surface area contributed by atoms with E-state index in [1.807, 2.05) is 55.5 Å². The molecule has 0 spiro atoms. The van der Waals surface area contributed by atoms with Crippen molar-refractivity contribution in [2.24, 2.45) is 0 Å². The Morgan fingerprint density at radius 3 is 2.15 bits per heavy atom. The number of benzene rings is 2. The van der Waals surface area contributed by atoms with E-state index in [2.05, 4.69) is 17.4 Å². The van der Waals surface area contributed by atoms with Gasteiger partial charge in [-0.05, 0) is 17.5 Å². The maximum Gasteiger partial charge on any atom is 0.242 e. The van der Waals surface area contributed by atoms with Gasteiger partial charge in [-0.1, -0.05) is 67.6 Å². The van der Waals surface area contributed by atoms with Crippen LogP contribution in [0.1, 0.15) is 30.9 Å². The molecule has 5 heteroatoms. The molecule has 0 aliphatic carbocycles. The average molecular weight is 385 g/mol. The van der Waals surface area contributed by atoms with Crippen molar-refractivity contribution in [1.29, 1.82) is 0 Å². The van der Waals surface area contributed by atoms with E-state index in [1.54, 1.807) is 23.7 Å². The van der Waals surface area contributed by atoms with Crippen LogP contribution in [0, 0.1) is 0 Å². The van der Waals surface area contributed by atoms with Crippen molar-refractivity contribution >= 4 is 23.6 Å². The molecular weight excluding hydrogens is 356 g/mol. The highest BCUT2D eigenvalue weighted by Gasteiger charge is 2.27. The Bertz CT molecular complexity index is 707. The summed E-state index contributed by atoms with van der Waals surface area (Å²) in [6.07, 6.45) is 1.02. The minimum absolute atomic E-state index is 0.0230. The van der Waals surface area contributed by atoms with Crippen LogP contribution < -0.4 is 5.32 Å². The van der Waals surface area contributed by atoms with Crippen LogP contribution in [0.15, 0.2) is 60.7 Å². The molecule has 27 heavy (non-hydrogen) atoms. The number of thioether (sulfide) groups is 1. The second kappa shape index (κ2) is 11.4. The van der Waals surface area contributed by atoms with Crippen LogP contribution in [0.3, 0.4) is 0 Å². The van der Waals surface area contributed by atoms with Crippen LogP contribution in [0.25, 0.3) is 0 Å². The van der Waals surface area contributed by atoms with Crippen LogP contribution in [0.4, 0.5) is 0 Å². The summed E-state index contributed by atoms with van der Waals surface area (Å²) in [5, 5.41) is 2.69. The zero-order valence-electron chi connectivity index (χ0n) is 16.1. The average Bonchev–Trinajstić information content (AvgIpc) is 2.72. The third-order valence-electron chi connectivity index (χ3n) is 4.40. The Hall–Kier alpha value is -2.27. The van der Waals surface area contributed by atoms with Crippen LogP contribution in [0.5, 0.6) is 0 Å². The lowest BCUT2D eigenvalue weighted by Gasteiger charge is -2.30. The third kappa shape index (κ3) is 6.75. The molecule has 1 N–H and O–H groups in total. The number of carbonyl (C=O) groups excluding carboxylic acids is 2. The number of carbonyl (C=O) groups is 2. The molecule has 1 atom stereocenters. The summed E-state index contributed by atoms with van der Waals surface area (Å²) in [4.78, 5) is 26.9. The first-order valence-electron chi connectivity index (χ1n) is 9.32. The zero-order valence-corrected chi connectivity index (χ0v) is 16.9. The van der Waals surface area contributed by atoms with Crippen molar-refractivity contribution in [1.82, 2.24) is 10.2 Å². The predicted octanol–water partition coefficient (Wildman–Crippen LogP) is 3.86. The molecule has 2 amide bonds. The van der Waals surface area contributed by atoms with Crippen molar-refractivity contribution in [2.75, 3.05) is 12.8 Å². The highest BCUT2D eigenvalue weighted by molar-refractivity contribution is 7.98. The molecule has 0 unspecified atom stereocenters.